The number of thiophene rings is 1. The lowest BCUT2D eigenvalue weighted by molar-refractivity contribution is -0.119. The van der Waals surface area contributed by atoms with E-state index in [1.165, 1.54) is 10.4 Å². The van der Waals surface area contributed by atoms with Crippen LogP contribution in [-0.2, 0) is 21.2 Å². The monoisotopic (exact) mass is 410 g/mol. The number of benzene rings is 1. The number of carbonyl (C=O) groups excluding carboxylic acids is 1. The summed E-state index contributed by atoms with van der Waals surface area (Å²) in [7, 11) is -3.48. The van der Waals surface area contributed by atoms with Crippen molar-refractivity contribution in [2.75, 3.05) is 19.4 Å². The molecule has 1 atom stereocenters. The summed E-state index contributed by atoms with van der Waals surface area (Å²) in [5, 5.41) is 5.27. The molecule has 0 radical (unpaired) electrons. The van der Waals surface area contributed by atoms with Crippen LogP contribution < -0.4 is 14.8 Å². The van der Waals surface area contributed by atoms with Gasteiger partial charge in [0.25, 0.3) is 0 Å². The maximum Gasteiger partial charge on any atom is 0.234 e. The lowest BCUT2D eigenvalue weighted by atomic mass is 10.1. The molecule has 1 aromatic heterocycles. The van der Waals surface area contributed by atoms with Crippen LogP contribution >= 0.6 is 11.3 Å². The minimum Gasteiger partial charge on any atom is -0.494 e. The van der Waals surface area contributed by atoms with Crippen molar-refractivity contribution in [2.45, 2.75) is 32.2 Å². The predicted octanol–water partition coefficient (Wildman–Crippen LogP) is 2.55. The first-order chi connectivity index (χ1) is 12.8. The Hall–Kier alpha value is -1.90. The lowest BCUT2D eigenvalue weighted by Gasteiger charge is -2.14. The summed E-state index contributed by atoms with van der Waals surface area (Å²) in [6.45, 7) is 2.98. The largest absolute Gasteiger partial charge is 0.494 e. The van der Waals surface area contributed by atoms with E-state index in [1.54, 1.807) is 11.3 Å². The summed E-state index contributed by atoms with van der Waals surface area (Å²) in [5.74, 6) is 0.334. The molecule has 0 saturated heterocycles. The SMILES string of the molecule is CC(CCOc1ccc(Cc2cccs2)cc1)NCCC(=O)NS(C)(=O)=O. The fraction of sp³-hybridized carbons (Fsp3) is 0.421. The van der Waals surface area contributed by atoms with Gasteiger partial charge in [0.05, 0.1) is 12.9 Å². The highest BCUT2D eigenvalue weighted by Crippen LogP contribution is 2.18. The normalized spacial score (nSPS) is 12.5. The highest BCUT2D eigenvalue weighted by atomic mass is 32.2. The summed E-state index contributed by atoms with van der Waals surface area (Å²) in [6, 6.07) is 12.5. The zero-order valence-electron chi connectivity index (χ0n) is 15.6. The number of ether oxygens (including phenoxy) is 1. The number of rotatable bonds is 11. The quantitative estimate of drug-likeness (QED) is 0.595. The van der Waals surface area contributed by atoms with E-state index in [1.807, 2.05) is 23.8 Å². The first-order valence-electron chi connectivity index (χ1n) is 8.80. The number of hydrogen-bond acceptors (Lipinski definition) is 6. The van der Waals surface area contributed by atoms with Crippen LogP contribution in [0.2, 0.25) is 0 Å². The Bertz CT molecular complexity index is 803. The van der Waals surface area contributed by atoms with Gasteiger partial charge in [0.1, 0.15) is 5.75 Å². The molecule has 0 spiro atoms. The van der Waals surface area contributed by atoms with Crippen molar-refractivity contribution in [3.8, 4) is 5.75 Å². The van der Waals surface area contributed by atoms with Gasteiger partial charge in [-0.05, 0) is 42.5 Å². The topological polar surface area (TPSA) is 84.5 Å². The molecular weight excluding hydrogens is 384 g/mol. The second-order valence-electron chi connectivity index (χ2n) is 6.44. The Kier molecular flexibility index (Phi) is 8.27. The molecule has 1 heterocycles. The smallest absolute Gasteiger partial charge is 0.234 e. The van der Waals surface area contributed by atoms with Crippen molar-refractivity contribution >= 4 is 27.3 Å². The van der Waals surface area contributed by atoms with Crippen molar-refractivity contribution in [3.63, 3.8) is 0 Å². The number of nitrogens with one attached hydrogen (secondary N) is 2. The number of carbonyl (C=O) groups is 1. The van der Waals surface area contributed by atoms with Crippen LogP contribution in [-0.4, -0.2) is 39.8 Å². The molecule has 2 rings (SSSR count). The lowest BCUT2D eigenvalue weighted by Crippen LogP contribution is -2.34. The zero-order valence-corrected chi connectivity index (χ0v) is 17.2. The Labute approximate surface area is 165 Å². The van der Waals surface area contributed by atoms with Gasteiger partial charge in [0, 0.05) is 30.3 Å². The molecule has 1 unspecified atom stereocenters. The van der Waals surface area contributed by atoms with Crippen LogP contribution in [0.4, 0.5) is 0 Å². The molecule has 1 aromatic carbocycles. The number of hydrogen-bond donors (Lipinski definition) is 2. The summed E-state index contributed by atoms with van der Waals surface area (Å²) < 4.78 is 29.6. The maximum atomic E-state index is 11.4. The van der Waals surface area contributed by atoms with E-state index in [2.05, 4.69) is 35.0 Å². The summed E-state index contributed by atoms with van der Waals surface area (Å²) in [4.78, 5) is 12.8. The van der Waals surface area contributed by atoms with E-state index in [4.69, 9.17) is 4.74 Å². The van der Waals surface area contributed by atoms with Gasteiger partial charge in [-0.15, -0.1) is 11.3 Å². The van der Waals surface area contributed by atoms with Crippen molar-refractivity contribution in [2.24, 2.45) is 0 Å². The van der Waals surface area contributed by atoms with E-state index in [9.17, 15) is 13.2 Å². The fourth-order valence-corrected chi connectivity index (χ4v) is 3.72. The van der Waals surface area contributed by atoms with E-state index in [-0.39, 0.29) is 12.5 Å². The van der Waals surface area contributed by atoms with Gasteiger partial charge in [0.15, 0.2) is 0 Å². The molecule has 2 aromatic rings. The van der Waals surface area contributed by atoms with Crippen LogP contribution in [0.15, 0.2) is 41.8 Å². The van der Waals surface area contributed by atoms with Crippen molar-refractivity contribution in [1.82, 2.24) is 10.0 Å². The third-order valence-corrected chi connectivity index (χ3v) is 5.32. The number of amides is 1. The van der Waals surface area contributed by atoms with Crippen LogP contribution in [0.5, 0.6) is 5.75 Å². The number of sulfonamides is 1. The van der Waals surface area contributed by atoms with E-state index in [0.717, 1.165) is 24.8 Å². The van der Waals surface area contributed by atoms with Gasteiger partial charge in [-0.25, -0.2) is 8.42 Å². The summed E-state index contributed by atoms with van der Waals surface area (Å²) in [5.41, 5.74) is 1.26. The molecular formula is C19H26N2O4S2. The molecule has 2 N–H and O–H groups in total. The zero-order chi connectivity index (χ0) is 19.7. The average molecular weight is 411 g/mol. The van der Waals surface area contributed by atoms with Gasteiger partial charge in [-0.2, -0.15) is 0 Å². The molecule has 1 amide bonds. The van der Waals surface area contributed by atoms with E-state index < -0.39 is 15.9 Å². The molecule has 0 aliphatic carbocycles. The molecule has 148 valence electrons. The first kappa shape index (κ1) is 21.4. The molecule has 6 nitrogen and oxygen atoms in total. The molecule has 0 fully saturated rings. The highest BCUT2D eigenvalue weighted by molar-refractivity contribution is 7.89. The Balaban J connectivity index is 1.61. The predicted molar refractivity (Wildman–Crippen MR) is 109 cm³/mol. The molecule has 0 aliphatic rings. The average Bonchev–Trinajstić information content (AvgIpc) is 3.08. The second kappa shape index (κ2) is 10.4. The van der Waals surface area contributed by atoms with Crippen molar-refractivity contribution in [3.05, 3.63) is 52.2 Å². The molecule has 8 heteroatoms. The van der Waals surface area contributed by atoms with Crippen LogP contribution in [0.3, 0.4) is 0 Å². The van der Waals surface area contributed by atoms with Crippen molar-refractivity contribution < 1.29 is 17.9 Å². The third kappa shape index (κ3) is 9.03. The van der Waals surface area contributed by atoms with Gasteiger partial charge in [0.2, 0.25) is 15.9 Å². The van der Waals surface area contributed by atoms with Gasteiger partial charge in [-0.3, -0.25) is 9.52 Å². The van der Waals surface area contributed by atoms with Gasteiger partial charge >= 0.3 is 0 Å². The summed E-state index contributed by atoms with van der Waals surface area (Å²) >= 11 is 1.76. The molecule has 0 bridgehead atoms. The first-order valence-corrected chi connectivity index (χ1v) is 11.6. The van der Waals surface area contributed by atoms with Gasteiger partial charge in [-0.1, -0.05) is 18.2 Å². The van der Waals surface area contributed by atoms with Crippen molar-refractivity contribution in [1.29, 1.82) is 0 Å². The minimum absolute atomic E-state index is 0.115. The Morgan fingerprint density at radius 3 is 2.59 bits per heavy atom. The Morgan fingerprint density at radius 1 is 1.22 bits per heavy atom. The highest BCUT2D eigenvalue weighted by Gasteiger charge is 2.09. The second-order valence-corrected chi connectivity index (χ2v) is 9.22. The van der Waals surface area contributed by atoms with E-state index in [0.29, 0.717) is 13.2 Å². The minimum atomic E-state index is -3.48. The molecule has 27 heavy (non-hydrogen) atoms. The molecule has 0 saturated carbocycles. The third-order valence-electron chi connectivity index (χ3n) is 3.85. The fourth-order valence-electron chi connectivity index (χ4n) is 2.46. The van der Waals surface area contributed by atoms with Crippen LogP contribution in [0, 0.1) is 0 Å². The van der Waals surface area contributed by atoms with Gasteiger partial charge < -0.3 is 10.1 Å². The van der Waals surface area contributed by atoms with Crippen LogP contribution in [0.25, 0.3) is 0 Å². The maximum absolute atomic E-state index is 11.4. The Morgan fingerprint density at radius 2 is 1.96 bits per heavy atom. The van der Waals surface area contributed by atoms with Crippen LogP contribution in [0.1, 0.15) is 30.2 Å². The standard InChI is InChI=1S/C19H26N2O4S2/c1-15(20-11-9-19(22)21-27(2,23)24)10-12-25-17-7-5-16(6-8-17)14-18-4-3-13-26-18/h3-8,13,15,20H,9-12,14H2,1-2H3,(H,21,22). The molecule has 0 aliphatic heterocycles. The summed E-state index contributed by atoms with van der Waals surface area (Å²) in [6.07, 6.45) is 2.80. The van der Waals surface area contributed by atoms with E-state index >= 15 is 0 Å².